The van der Waals surface area contributed by atoms with E-state index in [0.717, 1.165) is 16.7 Å². The number of para-hydroxylation sites is 1. The summed E-state index contributed by atoms with van der Waals surface area (Å²) in [6.45, 7) is -0.0895. The van der Waals surface area contributed by atoms with Gasteiger partial charge in [-0.25, -0.2) is 0 Å². The first-order valence-electron chi connectivity index (χ1n) is 10.8. The number of pyridine rings is 1. The first kappa shape index (κ1) is 22.1. The molecule has 1 aromatic heterocycles. The summed E-state index contributed by atoms with van der Waals surface area (Å²) in [7, 11) is 3.21. The van der Waals surface area contributed by atoms with Crippen molar-refractivity contribution in [2.45, 2.75) is 19.4 Å². The number of amides is 1. The average molecular weight is 443 g/mol. The van der Waals surface area contributed by atoms with Gasteiger partial charge in [0.1, 0.15) is 18.0 Å². The fraction of sp³-hybridized carbons (Fsp3) is 0.185. The zero-order chi connectivity index (χ0) is 23.2. The minimum atomic E-state index is -0.264. The predicted molar refractivity (Wildman–Crippen MR) is 130 cm³/mol. The topological polar surface area (TPSA) is 69.6 Å². The normalized spacial score (nSPS) is 10.7. The van der Waals surface area contributed by atoms with Gasteiger partial charge in [0.15, 0.2) is 0 Å². The van der Waals surface area contributed by atoms with Crippen LogP contribution < -0.4 is 20.3 Å². The Kier molecular flexibility index (Phi) is 6.74. The van der Waals surface area contributed by atoms with E-state index in [0.29, 0.717) is 35.4 Å². The molecule has 3 aromatic carbocycles. The number of nitrogens with zero attached hydrogens (tertiary/aromatic N) is 1. The standard InChI is InChI=1S/C27H26N2O4/c1-32-23-13-9-19(10-14-23)8-11-21-16-20-12-15-24(33-2)17-25(20)29(27(21)31)18-26(30)28-22-6-4-3-5-7-22/h3-7,9-10,12-17H,8,11,18H2,1-2H3,(H,28,30). The Hall–Kier alpha value is -4.06. The summed E-state index contributed by atoms with van der Waals surface area (Å²) >= 11 is 0. The number of anilines is 1. The SMILES string of the molecule is COc1ccc(CCc2cc3ccc(OC)cc3n(CC(=O)Nc3ccccc3)c2=O)cc1. The smallest absolute Gasteiger partial charge is 0.254 e. The van der Waals surface area contributed by atoms with Crippen molar-refractivity contribution in [1.29, 1.82) is 0 Å². The molecule has 0 atom stereocenters. The van der Waals surface area contributed by atoms with Crippen molar-refractivity contribution in [2.24, 2.45) is 0 Å². The first-order valence-corrected chi connectivity index (χ1v) is 10.8. The molecule has 0 fully saturated rings. The minimum absolute atomic E-state index is 0.0895. The molecule has 0 aliphatic rings. The maximum Gasteiger partial charge on any atom is 0.254 e. The molecule has 1 heterocycles. The van der Waals surface area contributed by atoms with Crippen molar-refractivity contribution < 1.29 is 14.3 Å². The van der Waals surface area contributed by atoms with Crippen LogP contribution in [0.5, 0.6) is 11.5 Å². The van der Waals surface area contributed by atoms with Crippen LogP contribution in [-0.2, 0) is 24.2 Å². The van der Waals surface area contributed by atoms with Crippen molar-refractivity contribution in [3.05, 3.63) is 100 Å². The van der Waals surface area contributed by atoms with Gasteiger partial charge in [-0.15, -0.1) is 0 Å². The van der Waals surface area contributed by atoms with Gasteiger partial charge in [-0.3, -0.25) is 14.2 Å². The number of aromatic nitrogens is 1. The van der Waals surface area contributed by atoms with Gasteiger partial charge < -0.3 is 14.8 Å². The zero-order valence-corrected chi connectivity index (χ0v) is 18.7. The van der Waals surface area contributed by atoms with E-state index in [2.05, 4.69) is 5.32 Å². The number of aryl methyl sites for hydroxylation is 2. The second kappa shape index (κ2) is 10.0. The molecule has 6 nitrogen and oxygen atoms in total. The number of nitrogens with one attached hydrogen (secondary N) is 1. The monoisotopic (exact) mass is 442 g/mol. The van der Waals surface area contributed by atoms with Crippen molar-refractivity contribution in [3.63, 3.8) is 0 Å². The molecule has 4 aromatic rings. The summed E-state index contributed by atoms with van der Waals surface area (Å²) in [5.41, 5.74) is 2.95. The summed E-state index contributed by atoms with van der Waals surface area (Å²) < 4.78 is 12.1. The molecule has 1 N–H and O–H groups in total. The lowest BCUT2D eigenvalue weighted by Crippen LogP contribution is -2.30. The van der Waals surface area contributed by atoms with E-state index in [1.165, 1.54) is 4.57 Å². The molecule has 0 unspecified atom stereocenters. The van der Waals surface area contributed by atoms with Crippen LogP contribution >= 0.6 is 0 Å². The van der Waals surface area contributed by atoms with E-state index in [9.17, 15) is 9.59 Å². The van der Waals surface area contributed by atoms with Crippen LogP contribution in [0.3, 0.4) is 0 Å². The Morgan fingerprint density at radius 3 is 2.24 bits per heavy atom. The molecule has 1 amide bonds. The lowest BCUT2D eigenvalue weighted by Gasteiger charge is -2.14. The van der Waals surface area contributed by atoms with Crippen LogP contribution in [-0.4, -0.2) is 24.7 Å². The van der Waals surface area contributed by atoms with Crippen molar-refractivity contribution in [2.75, 3.05) is 19.5 Å². The summed E-state index contributed by atoms with van der Waals surface area (Å²) in [5, 5.41) is 3.74. The largest absolute Gasteiger partial charge is 0.497 e. The Morgan fingerprint density at radius 1 is 0.848 bits per heavy atom. The van der Waals surface area contributed by atoms with Gasteiger partial charge >= 0.3 is 0 Å². The van der Waals surface area contributed by atoms with Crippen molar-refractivity contribution in [3.8, 4) is 11.5 Å². The number of methoxy groups -OCH3 is 2. The molecule has 33 heavy (non-hydrogen) atoms. The van der Waals surface area contributed by atoms with Gasteiger partial charge in [0.2, 0.25) is 5.91 Å². The number of hydrogen-bond acceptors (Lipinski definition) is 4. The summed E-state index contributed by atoms with van der Waals surface area (Å²) in [4.78, 5) is 26.2. The third kappa shape index (κ3) is 5.23. The molecule has 4 rings (SSSR count). The van der Waals surface area contributed by atoms with Crippen LogP contribution in [0.25, 0.3) is 10.9 Å². The third-order valence-corrected chi connectivity index (χ3v) is 5.58. The quantitative estimate of drug-likeness (QED) is 0.438. The van der Waals surface area contributed by atoms with Gasteiger partial charge in [0.25, 0.3) is 5.56 Å². The van der Waals surface area contributed by atoms with Gasteiger partial charge in [0, 0.05) is 17.3 Å². The highest BCUT2D eigenvalue weighted by atomic mass is 16.5. The second-order valence-electron chi connectivity index (χ2n) is 7.75. The maximum atomic E-state index is 13.4. The van der Waals surface area contributed by atoms with Crippen LogP contribution in [0.2, 0.25) is 0 Å². The molecule has 168 valence electrons. The number of benzene rings is 3. The zero-order valence-electron chi connectivity index (χ0n) is 18.7. The lowest BCUT2D eigenvalue weighted by atomic mass is 10.0. The summed E-state index contributed by atoms with van der Waals surface area (Å²) in [6, 6.07) is 24.5. The highest BCUT2D eigenvalue weighted by Crippen LogP contribution is 2.22. The van der Waals surface area contributed by atoms with E-state index in [1.807, 2.05) is 72.8 Å². The average Bonchev–Trinajstić information content (AvgIpc) is 2.85. The fourth-order valence-corrected chi connectivity index (χ4v) is 3.81. The number of carbonyl (C=O) groups is 1. The van der Waals surface area contributed by atoms with E-state index in [-0.39, 0.29) is 18.0 Å². The molecule has 0 saturated heterocycles. The van der Waals surface area contributed by atoms with Crippen molar-refractivity contribution in [1.82, 2.24) is 4.57 Å². The van der Waals surface area contributed by atoms with Crippen LogP contribution in [0.4, 0.5) is 5.69 Å². The number of rotatable bonds is 8. The summed E-state index contributed by atoms with van der Waals surface area (Å²) in [6.07, 6.45) is 1.27. The molecule has 6 heteroatoms. The van der Waals surface area contributed by atoms with Gasteiger partial charge in [-0.2, -0.15) is 0 Å². The highest BCUT2D eigenvalue weighted by molar-refractivity contribution is 5.92. The van der Waals surface area contributed by atoms with E-state index < -0.39 is 0 Å². The molecule has 0 saturated carbocycles. The first-order chi connectivity index (χ1) is 16.1. The van der Waals surface area contributed by atoms with Gasteiger partial charge in [0.05, 0.1) is 19.7 Å². The predicted octanol–water partition coefficient (Wildman–Crippen LogP) is 4.44. The molecular weight excluding hydrogens is 416 g/mol. The third-order valence-electron chi connectivity index (χ3n) is 5.58. The van der Waals surface area contributed by atoms with Crippen molar-refractivity contribution >= 4 is 22.5 Å². The second-order valence-corrected chi connectivity index (χ2v) is 7.75. The number of hydrogen-bond donors (Lipinski definition) is 1. The molecule has 0 spiro atoms. The Bertz CT molecular complexity index is 1310. The Labute approximate surface area is 192 Å². The number of ether oxygens (including phenoxy) is 2. The van der Waals surface area contributed by atoms with Crippen LogP contribution in [0.15, 0.2) is 83.7 Å². The van der Waals surface area contributed by atoms with Crippen LogP contribution in [0, 0.1) is 0 Å². The Balaban J connectivity index is 1.65. The van der Waals surface area contributed by atoms with E-state index in [4.69, 9.17) is 9.47 Å². The number of carbonyl (C=O) groups excluding carboxylic acids is 1. The minimum Gasteiger partial charge on any atom is -0.497 e. The molecule has 0 aliphatic heterocycles. The fourth-order valence-electron chi connectivity index (χ4n) is 3.81. The lowest BCUT2D eigenvalue weighted by molar-refractivity contribution is -0.116. The van der Waals surface area contributed by atoms with E-state index in [1.54, 1.807) is 20.3 Å². The molecule has 0 radical (unpaired) electrons. The Morgan fingerprint density at radius 2 is 1.55 bits per heavy atom. The van der Waals surface area contributed by atoms with E-state index >= 15 is 0 Å². The number of fused-ring (bicyclic) bond motifs is 1. The highest BCUT2D eigenvalue weighted by Gasteiger charge is 2.14. The molecule has 0 aliphatic carbocycles. The van der Waals surface area contributed by atoms with Gasteiger partial charge in [-0.05, 0) is 66.3 Å². The molecular formula is C27H26N2O4. The van der Waals surface area contributed by atoms with Gasteiger partial charge in [-0.1, -0.05) is 30.3 Å². The maximum absolute atomic E-state index is 13.4. The molecule has 0 bridgehead atoms. The van der Waals surface area contributed by atoms with Crippen LogP contribution in [0.1, 0.15) is 11.1 Å². The summed E-state index contributed by atoms with van der Waals surface area (Å²) in [5.74, 6) is 1.16.